The summed E-state index contributed by atoms with van der Waals surface area (Å²) in [6.45, 7) is -0.278. The standard InChI is InChI=1S/C23H22N2O7S/c1-30-15-9-7-14(8-10-15)11-32-23(29)20-17(26)13-33-22-19(21(28)25(20)22)24-18(27)12-31-16-5-3-2-4-6-16/h2-10,19,22,26H,11-13H2,1H3,(H,24,27)/t19?,22-/m1/s1. The number of ether oxygens (including phenoxy) is 3. The molecule has 2 aromatic rings. The van der Waals surface area contributed by atoms with Crippen LogP contribution in [0.5, 0.6) is 11.5 Å². The quantitative estimate of drug-likeness (QED) is 0.445. The Morgan fingerprint density at radius 2 is 1.85 bits per heavy atom. The Morgan fingerprint density at radius 3 is 2.55 bits per heavy atom. The number of rotatable bonds is 8. The van der Waals surface area contributed by atoms with E-state index in [2.05, 4.69) is 5.32 Å². The van der Waals surface area contributed by atoms with Crippen molar-refractivity contribution in [1.29, 1.82) is 0 Å². The second-order valence-electron chi connectivity index (χ2n) is 7.28. The molecule has 0 aromatic heterocycles. The van der Waals surface area contributed by atoms with E-state index in [-0.39, 0.29) is 30.4 Å². The highest BCUT2D eigenvalue weighted by atomic mass is 32.2. The SMILES string of the molecule is COc1ccc(COC(=O)C2=C(O)CS[C@@H]3C(NC(=O)COc4ccccc4)C(=O)N23)cc1. The molecule has 2 amide bonds. The number of thioether (sulfide) groups is 1. The third kappa shape index (κ3) is 4.90. The zero-order valence-corrected chi connectivity index (χ0v) is 18.5. The number of fused-ring (bicyclic) bond motifs is 1. The number of para-hydroxylation sites is 1. The van der Waals surface area contributed by atoms with Gasteiger partial charge in [-0.1, -0.05) is 30.3 Å². The normalized spacial score (nSPS) is 19.3. The number of amides is 2. The van der Waals surface area contributed by atoms with Crippen LogP contribution in [0.15, 0.2) is 66.1 Å². The molecule has 4 rings (SSSR count). The number of nitrogens with zero attached hydrogens (tertiary/aromatic N) is 1. The molecule has 1 fully saturated rings. The largest absolute Gasteiger partial charge is 0.509 e. The molecule has 0 bridgehead atoms. The lowest BCUT2D eigenvalue weighted by molar-refractivity contribution is -0.154. The van der Waals surface area contributed by atoms with Gasteiger partial charge in [0.2, 0.25) is 0 Å². The van der Waals surface area contributed by atoms with Crippen LogP contribution in [0.4, 0.5) is 0 Å². The third-order valence-corrected chi connectivity index (χ3v) is 6.36. The Hall–Kier alpha value is -3.66. The van der Waals surface area contributed by atoms with E-state index in [1.165, 1.54) is 16.7 Å². The zero-order chi connectivity index (χ0) is 23.4. The summed E-state index contributed by atoms with van der Waals surface area (Å²) in [6.07, 6.45) is 0. The van der Waals surface area contributed by atoms with Crippen LogP contribution in [0, 0.1) is 0 Å². The summed E-state index contributed by atoms with van der Waals surface area (Å²) < 4.78 is 15.8. The summed E-state index contributed by atoms with van der Waals surface area (Å²) >= 11 is 1.25. The molecule has 2 aliphatic heterocycles. The summed E-state index contributed by atoms with van der Waals surface area (Å²) in [5, 5.41) is 12.4. The van der Waals surface area contributed by atoms with Crippen LogP contribution < -0.4 is 14.8 Å². The van der Waals surface area contributed by atoms with Gasteiger partial charge in [-0.3, -0.25) is 14.5 Å². The second-order valence-corrected chi connectivity index (χ2v) is 8.38. The van der Waals surface area contributed by atoms with Crippen LogP contribution in [0.1, 0.15) is 5.56 Å². The Morgan fingerprint density at radius 1 is 1.12 bits per heavy atom. The van der Waals surface area contributed by atoms with Crippen molar-refractivity contribution in [2.45, 2.75) is 18.0 Å². The van der Waals surface area contributed by atoms with Gasteiger partial charge in [-0.25, -0.2) is 4.79 Å². The molecule has 10 heteroatoms. The molecule has 2 atom stereocenters. The van der Waals surface area contributed by atoms with Gasteiger partial charge in [-0.05, 0) is 29.8 Å². The molecule has 0 spiro atoms. The summed E-state index contributed by atoms with van der Waals surface area (Å²) in [6, 6.07) is 15.0. The van der Waals surface area contributed by atoms with E-state index in [0.717, 1.165) is 5.56 Å². The molecule has 1 saturated heterocycles. The Bertz CT molecular complexity index is 1070. The first-order valence-electron chi connectivity index (χ1n) is 10.1. The van der Waals surface area contributed by atoms with Gasteiger partial charge in [0.15, 0.2) is 12.3 Å². The van der Waals surface area contributed by atoms with Crippen molar-refractivity contribution in [3.63, 3.8) is 0 Å². The highest BCUT2D eigenvalue weighted by molar-refractivity contribution is 8.00. The fraction of sp³-hybridized carbons (Fsp3) is 0.261. The maximum Gasteiger partial charge on any atom is 0.358 e. The van der Waals surface area contributed by atoms with Crippen LogP contribution in [0.25, 0.3) is 0 Å². The number of methoxy groups -OCH3 is 1. The molecule has 2 heterocycles. The lowest BCUT2D eigenvalue weighted by Gasteiger charge is -2.48. The minimum atomic E-state index is -0.820. The Kier molecular flexibility index (Phi) is 6.74. The number of hydrogen-bond acceptors (Lipinski definition) is 8. The third-order valence-electron chi connectivity index (χ3n) is 5.10. The van der Waals surface area contributed by atoms with Gasteiger partial charge in [-0.2, -0.15) is 0 Å². The lowest BCUT2D eigenvalue weighted by atomic mass is 10.0. The minimum absolute atomic E-state index is 0.0313. The van der Waals surface area contributed by atoms with Crippen molar-refractivity contribution in [2.24, 2.45) is 0 Å². The summed E-state index contributed by atoms with van der Waals surface area (Å²) in [7, 11) is 1.55. The monoisotopic (exact) mass is 470 g/mol. The van der Waals surface area contributed by atoms with Crippen LogP contribution in [-0.4, -0.2) is 58.7 Å². The fourth-order valence-corrected chi connectivity index (χ4v) is 4.61. The molecule has 0 saturated carbocycles. The smallest absolute Gasteiger partial charge is 0.358 e. The highest BCUT2D eigenvalue weighted by Gasteiger charge is 2.54. The number of hydrogen-bond donors (Lipinski definition) is 2. The van der Waals surface area contributed by atoms with Gasteiger partial charge < -0.3 is 24.6 Å². The van der Waals surface area contributed by atoms with Gasteiger partial charge in [0.25, 0.3) is 11.8 Å². The van der Waals surface area contributed by atoms with Gasteiger partial charge in [0.1, 0.15) is 35.3 Å². The van der Waals surface area contributed by atoms with Crippen molar-refractivity contribution in [3.8, 4) is 11.5 Å². The first kappa shape index (κ1) is 22.5. The van der Waals surface area contributed by atoms with Crippen molar-refractivity contribution in [1.82, 2.24) is 10.2 Å². The average molecular weight is 471 g/mol. The molecule has 0 radical (unpaired) electrons. The molecular formula is C23H22N2O7S. The zero-order valence-electron chi connectivity index (χ0n) is 17.7. The van der Waals surface area contributed by atoms with E-state index in [0.29, 0.717) is 11.5 Å². The number of aliphatic hydroxyl groups is 1. The van der Waals surface area contributed by atoms with E-state index in [4.69, 9.17) is 14.2 Å². The predicted octanol–water partition coefficient (Wildman–Crippen LogP) is 1.99. The van der Waals surface area contributed by atoms with E-state index < -0.39 is 29.2 Å². The van der Waals surface area contributed by atoms with E-state index in [1.54, 1.807) is 55.6 Å². The maximum atomic E-state index is 12.7. The molecule has 33 heavy (non-hydrogen) atoms. The topological polar surface area (TPSA) is 114 Å². The predicted molar refractivity (Wildman–Crippen MR) is 119 cm³/mol. The second kappa shape index (κ2) is 9.86. The number of nitrogens with one attached hydrogen (secondary N) is 1. The van der Waals surface area contributed by atoms with Crippen LogP contribution in [-0.2, 0) is 25.7 Å². The van der Waals surface area contributed by atoms with Gasteiger partial charge in [0, 0.05) is 0 Å². The molecule has 2 N–H and O–H groups in total. The average Bonchev–Trinajstić information content (AvgIpc) is 2.85. The van der Waals surface area contributed by atoms with E-state index in [1.807, 2.05) is 6.07 Å². The number of aliphatic hydroxyl groups excluding tert-OH is 1. The fourth-order valence-electron chi connectivity index (χ4n) is 3.41. The van der Waals surface area contributed by atoms with Crippen molar-refractivity contribution >= 4 is 29.5 Å². The van der Waals surface area contributed by atoms with Crippen LogP contribution >= 0.6 is 11.8 Å². The van der Waals surface area contributed by atoms with E-state index in [9.17, 15) is 19.5 Å². The number of carbonyl (C=O) groups is 3. The van der Waals surface area contributed by atoms with Crippen molar-refractivity contribution < 1.29 is 33.7 Å². The molecule has 2 aliphatic rings. The molecule has 0 aliphatic carbocycles. The first-order valence-corrected chi connectivity index (χ1v) is 11.2. The summed E-state index contributed by atoms with van der Waals surface area (Å²) in [5.41, 5.74) is 0.535. The van der Waals surface area contributed by atoms with Gasteiger partial charge in [-0.15, -0.1) is 11.8 Å². The van der Waals surface area contributed by atoms with Crippen molar-refractivity contribution in [2.75, 3.05) is 19.5 Å². The van der Waals surface area contributed by atoms with Gasteiger partial charge >= 0.3 is 5.97 Å². The number of benzene rings is 2. The highest BCUT2D eigenvalue weighted by Crippen LogP contribution is 2.40. The Labute approximate surface area is 194 Å². The molecule has 1 unspecified atom stereocenters. The molecule has 172 valence electrons. The van der Waals surface area contributed by atoms with Crippen molar-refractivity contribution in [3.05, 3.63) is 71.6 Å². The maximum absolute atomic E-state index is 12.7. The Balaban J connectivity index is 1.34. The van der Waals surface area contributed by atoms with Gasteiger partial charge in [0.05, 0.1) is 12.9 Å². The molecule has 2 aromatic carbocycles. The molecule has 9 nitrogen and oxygen atoms in total. The lowest BCUT2D eigenvalue weighted by Crippen LogP contribution is -2.70. The summed E-state index contributed by atoms with van der Waals surface area (Å²) in [4.78, 5) is 38.8. The number of carbonyl (C=O) groups excluding carboxylic acids is 3. The summed E-state index contributed by atoms with van der Waals surface area (Å²) in [5.74, 6) is -0.667. The number of esters is 1. The molecular weight excluding hydrogens is 448 g/mol. The van der Waals surface area contributed by atoms with E-state index >= 15 is 0 Å². The van der Waals surface area contributed by atoms with Crippen LogP contribution in [0.2, 0.25) is 0 Å². The first-order chi connectivity index (χ1) is 16.0. The minimum Gasteiger partial charge on any atom is -0.509 e. The van der Waals surface area contributed by atoms with Crippen LogP contribution in [0.3, 0.4) is 0 Å². The number of β-lactam (4-membered cyclic amide) rings is 1.